The van der Waals surface area contributed by atoms with Crippen molar-refractivity contribution in [2.45, 2.75) is 64.7 Å². The van der Waals surface area contributed by atoms with Crippen molar-refractivity contribution in [3.05, 3.63) is 11.7 Å². The zero-order valence-corrected chi connectivity index (χ0v) is 18.2. The van der Waals surface area contributed by atoms with E-state index in [0.29, 0.717) is 50.6 Å². The summed E-state index contributed by atoms with van der Waals surface area (Å²) >= 11 is 0. The number of hydrogen-bond donors (Lipinski definition) is 0. The highest BCUT2D eigenvalue weighted by atomic mass is 16.5. The molecule has 0 bridgehead atoms. The Bertz CT molecular complexity index is 683. The third kappa shape index (κ3) is 6.26. The van der Waals surface area contributed by atoms with Crippen LogP contribution in [0.15, 0.2) is 4.52 Å². The first kappa shape index (κ1) is 21.7. The van der Waals surface area contributed by atoms with Crippen molar-refractivity contribution in [1.29, 1.82) is 0 Å². The Morgan fingerprint density at radius 1 is 0.931 bits per heavy atom. The van der Waals surface area contributed by atoms with Gasteiger partial charge < -0.3 is 14.3 Å². The Kier molecular flexibility index (Phi) is 7.27. The highest BCUT2D eigenvalue weighted by Crippen LogP contribution is 2.19. The maximum Gasteiger partial charge on any atom is 0.236 e. The fraction of sp³-hybridized carbons (Fsp3) is 0.810. The monoisotopic (exact) mass is 405 g/mol. The minimum Gasteiger partial charge on any atom is -0.342 e. The van der Waals surface area contributed by atoms with Crippen molar-refractivity contribution in [3.63, 3.8) is 0 Å². The first-order valence-electron chi connectivity index (χ1n) is 10.9. The molecule has 0 unspecified atom stereocenters. The number of nitrogens with zero attached hydrogens (tertiary/aromatic N) is 5. The number of carbonyl (C=O) groups excluding carboxylic acids is 2. The van der Waals surface area contributed by atoms with Crippen molar-refractivity contribution in [2.75, 3.05) is 45.8 Å². The molecule has 0 N–H and O–H groups in total. The van der Waals surface area contributed by atoms with E-state index in [9.17, 15) is 9.59 Å². The molecule has 2 aliphatic heterocycles. The van der Waals surface area contributed by atoms with Crippen molar-refractivity contribution in [2.24, 2.45) is 0 Å². The minimum absolute atomic E-state index is 0.132. The van der Waals surface area contributed by atoms with Crippen molar-refractivity contribution < 1.29 is 14.1 Å². The summed E-state index contributed by atoms with van der Waals surface area (Å²) in [6.07, 6.45) is 5.29. The van der Waals surface area contributed by atoms with Gasteiger partial charge in [0.2, 0.25) is 17.7 Å². The van der Waals surface area contributed by atoms with E-state index >= 15 is 0 Å². The van der Waals surface area contributed by atoms with Crippen LogP contribution in [0.1, 0.15) is 64.6 Å². The Morgan fingerprint density at radius 3 is 2.21 bits per heavy atom. The van der Waals surface area contributed by atoms with E-state index in [1.54, 1.807) is 0 Å². The van der Waals surface area contributed by atoms with Crippen LogP contribution in [-0.4, -0.2) is 82.5 Å². The lowest BCUT2D eigenvalue weighted by Crippen LogP contribution is -2.52. The number of aromatic nitrogens is 2. The van der Waals surface area contributed by atoms with Crippen LogP contribution in [0, 0.1) is 0 Å². The predicted molar refractivity (Wildman–Crippen MR) is 109 cm³/mol. The summed E-state index contributed by atoms with van der Waals surface area (Å²) in [5.41, 5.74) is -0.132. The van der Waals surface area contributed by atoms with Gasteiger partial charge in [0, 0.05) is 57.5 Å². The summed E-state index contributed by atoms with van der Waals surface area (Å²) in [6, 6.07) is 0. The fourth-order valence-corrected chi connectivity index (χ4v) is 3.80. The fourth-order valence-electron chi connectivity index (χ4n) is 3.80. The lowest BCUT2D eigenvalue weighted by Gasteiger charge is -2.36. The zero-order valence-electron chi connectivity index (χ0n) is 18.2. The molecule has 0 radical (unpaired) electrons. The molecule has 1 aromatic heterocycles. The van der Waals surface area contributed by atoms with E-state index in [2.05, 4.69) is 15.0 Å². The number of amides is 2. The topological polar surface area (TPSA) is 82.8 Å². The van der Waals surface area contributed by atoms with E-state index in [1.807, 2.05) is 30.6 Å². The van der Waals surface area contributed by atoms with Gasteiger partial charge in [-0.1, -0.05) is 25.9 Å². The van der Waals surface area contributed by atoms with Gasteiger partial charge in [-0.05, 0) is 25.7 Å². The van der Waals surface area contributed by atoms with Crippen molar-refractivity contribution >= 4 is 11.8 Å². The van der Waals surface area contributed by atoms with E-state index in [-0.39, 0.29) is 17.2 Å². The van der Waals surface area contributed by atoms with Crippen LogP contribution < -0.4 is 0 Å². The molecule has 0 saturated carbocycles. The van der Waals surface area contributed by atoms with Crippen LogP contribution in [0.3, 0.4) is 0 Å². The molecule has 2 aliphatic rings. The first-order chi connectivity index (χ1) is 13.8. The predicted octanol–water partition coefficient (Wildman–Crippen LogP) is 1.85. The standard InChI is InChI=1S/C21H35N5O3/c1-21(2,3)20-22-17(29-23-20)8-7-9-18(27)26-14-12-24(13-15-26)16-19(28)25-10-5-4-6-11-25/h4-16H2,1-3H3. The molecule has 162 valence electrons. The van der Waals surface area contributed by atoms with Crippen molar-refractivity contribution in [3.8, 4) is 0 Å². The molecule has 0 aromatic carbocycles. The Morgan fingerprint density at radius 2 is 1.59 bits per heavy atom. The molecular formula is C21H35N5O3. The molecule has 29 heavy (non-hydrogen) atoms. The number of aryl methyl sites for hydroxylation is 1. The second-order valence-electron chi connectivity index (χ2n) is 9.21. The van der Waals surface area contributed by atoms with Gasteiger partial charge in [0.25, 0.3) is 0 Å². The lowest BCUT2D eigenvalue weighted by molar-refractivity contribution is -0.135. The number of carbonyl (C=O) groups is 2. The smallest absolute Gasteiger partial charge is 0.236 e. The van der Waals surface area contributed by atoms with Crippen LogP contribution in [0.2, 0.25) is 0 Å². The molecule has 3 rings (SSSR count). The Balaban J connectivity index is 1.34. The number of piperazine rings is 1. The first-order valence-corrected chi connectivity index (χ1v) is 10.9. The van der Waals surface area contributed by atoms with E-state index in [1.165, 1.54) is 6.42 Å². The maximum absolute atomic E-state index is 12.5. The van der Waals surface area contributed by atoms with Gasteiger partial charge in [0.05, 0.1) is 6.54 Å². The average molecular weight is 406 g/mol. The molecule has 0 atom stereocenters. The summed E-state index contributed by atoms with van der Waals surface area (Å²) in [7, 11) is 0. The van der Waals surface area contributed by atoms with Gasteiger partial charge in [-0.15, -0.1) is 0 Å². The average Bonchev–Trinajstić information content (AvgIpc) is 3.18. The highest BCUT2D eigenvalue weighted by Gasteiger charge is 2.25. The van der Waals surface area contributed by atoms with Crippen LogP contribution >= 0.6 is 0 Å². The molecule has 3 heterocycles. The lowest BCUT2D eigenvalue weighted by atomic mass is 9.96. The van der Waals surface area contributed by atoms with Gasteiger partial charge in [-0.2, -0.15) is 4.98 Å². The third-order valence-corrected chi connectivity index (χ3v) is 5.71. The zero-order chi connectivity index (χ0) is 20.9. The molecule has 0 aliphatic carbocycles. The molecule has 8 nitrogen and oxygen atoms in total. The molecule has 2 saturated heterocycles. The molecule has 2 fully saturated rings. The third-order valence-electron chi connectivity index (χ3n) is 5.71. The normalized spacial score (nSPS) is 18.9. The molecule has 1 aromatic rings. The number of likely N-dealkylation sites (tertiary alicyclic amines) is 1. The molecule has 8 heteroatoms. The van der Waals surface area contributed by atoms with Gasteiger partial charge in [-0.25, -0.2) is 0 Å². The number of piperidine rings is 1. The SMILES string of the molecule is CC(C)(C)c1noc(CCCC(=O)N2CCN(CC(=O)N3CCCCC3)CC2)n1. The number of rotatable bonds is 6. The minimum atomic E-state index is -0.132. The van der Waals surface area contributed by atoms with E-state index < -0.39 is 0 Å². The summed E-state index contributed by atoms with van der Waals surface area (Å²) in [5, 5.41) is 4.02. The summed E-state index contributed by atoms with van der Waals surface area (Å²) in [5.74, 6) is 1.71. The van der Waals surface area contributed by atoms with Gasteiger partial charge >= 0.3 is 0 Å². The van der Waals surface area contributed by atoms with Gasteiger partial charge in [0.1, 0.15) is 0 Å². The molecular weight excluding hydrogens is 370 g/mol. The van der Waals surface area contributed by atoms with Gasteiger partial charge in [0.15, 0.2) is 5.82 Å². The second kappa shape index (κ2) is 9.69. The van der Waals surface area contributed by atoms with E-state index in [4.69, 9.17) is 4.52 Å². The summed E-state index contributed by atoms with van der Waals surface area (Å²) < 4.78 is 5.29. The van der Waals surface area contributed by atoms with E-state index in [0.717, 1.165) is 39.0 Å². The van der Waals surface area contributed by atoms with Crippen LogP contribution in [0.5, 0.6) is 0 Å². The number of hydrogen-bond acceptors (Lipinski definition) is 6. The Labute approximate surface area is 173 Å². The van der Waals surface area contributed by atoms with Crippen LogP contribution in [0.25, 0.3) is 0 Å². The Hall–Kier alpha value is -1.96. The quantitative estimate of drug-likeness (QED) is 0.718. The largest absolute Gasteiger partial charge is 0.342 e. The van der Waals surface area contributed by atoms with Crippen LogP contribution in [-0.2, 0) is 21.4 Å². The summed E-state index contributed by atoms with van der Waals surface area (Å²) in [6.45, 7) is 11.3. The summed E-state index contributed by atoms with van der Waals surface area (Å²) in [4.78, 5) is 35.4. The second-order valence-corrected chi connectivity index (χ2v) is 9.21. The highest BCUT2D eigenvalue weighted by molar-refractivity contribution is 5.78. The van der Waals surface area contributed by atoms with Crippen molar-refractivity contribution in [1.82, 2.24) is 24.8 Å². The molecule has 2 amide bonds. The maximum atomic E-state index is 12.5. The molecule has 0 spiro atoms. The van der Waals surface area contributed by atoms with Crippen LogP contribution in [0.4, 0.5) is 0 Å². The van der Waals surface area contributed by atoms with Gasteiger partial charge in [-0.3, -0.25) is 14.5 Å².